The van der Waals surface area contributed by atoms with Gasteiger partial charge >= 0.3 is 5.97 Å². The van der Waals surface area contributed by atoms with E-state index in [2.05, 4.69) is 18.3 Å². The number of benzene rings is 1. The summed E-state index contributed by atoms with van der Waals surface area (Å²) in [6.07, 6.45) is 2.47. The predicted molar refractivity (Wildman–Crippen MR) is 87.5 cm³/mol. The molecule has 5 heteroatoms. The molecule has 0 aliphatic heterocycles. The third-order valence-electron chi connectivity index (χ3n) is 3.92. The lowest BCUT2D eigenvalue weighted by Crippen LogP contribution is -2.30. The first-order valence-electron chi connectivity index (χ1n) is 8.11. The second kappa shape index (κ2) is 7.99. The monoisotopic (exact) mass is 319 g/mol. The van der Waals surface area contributed by atoms with Crippen LogP contribution in [0.3, 0.4) is 0 Å². The van der Waals surface area contributed by atoms with Gasteiger partial charge in [0.1, 0.15) is 5.75 Å². The first kappa shape index (κ1) is 17.3. The molecule has 5 nitrogen and oxygen atoms in total. The summed E-state index contributed by atoms with van der Waals surface area (Å²) in [5.41, 5.74) is 3.53. The Bertz CT molecular complexity index is 579. The highest BCUT2D eigenvalue weighted by atomic mass is 16.5. The molecule has 0 heterocycles. The molecule has 1 saturated carbocycles. The van der Waals surface area contributed by atoms with Crippen LogP contribution in [0.15, 0.2) is 12.1 Å². The Hall–Kier alpha value is -2.04. The number of carbonyl (C=O) groups excluding carboxylic acids is 2. The van der Waals surface area contributed by atoms with Crippen LogP contribution in [0, 0.1) is 26.7 Å². The number of aryl methyl sites for hydroxylation is 2. The number of hydrogen-bond donors (Lipinski definition) is 1. The fourth-order valence-electron chi connectivity index (χ4n) is 2.26. The number of hydrogen-bond acceptors (Lipinski definition) is 4. The summed E-state index contributed by atoms with van der Waals surface area (Å²) >= 11 is 0. The van der Waals surface area contributed by atoms with Crippen LogP contribution >= 0.6 is 0 Å². The highest BCUT2D eigenvalue weighted by Gasteiger charge is 2.31. The van der Waals surface area contributed by atoms with Crippen LogP contribution in [0.2, 0.25) is 0 Å². The van der Waals surface area contributed by atoms with Gasteiger partial charge in [0.15, 0.2) is 6.61 Å². The third-order valence-corrected chi connectivity index (χ3v) is 3.92. The molecule has 1 aliphatic rings. The maximum absolute atomic E-state index is 11.5. The second-order valence-electron chi connectivity index (χ2n) is 6.14. The summed E-state index contributed by atoms with van der Waals surface area (Å²) < 4.78 is 10.7. The van der Waals surface area contributed by atoms with Crippen molar-refractivity contribution in [1.82, 2.24) is 5.32 Å². The van der Waals surface area contributed by atoms with E-state index in [1.165, 1.54) is 11.1 Å². The van der Waals surface area contributed by atoms with Crippen molar-refractivity contribution in [2.24, 2.45) is 5.92 Å². The van der Waals surface area contributed by atoms with Crippen LogP contribution in [0.25, 0.3) is 0 Å². The van der Waals surface area contributed by atoms with Crippen molar-refractivity contribution in [2.45, 2.75) is 40.0 Å². The fraction of sp³-hybridized carbons (Fsp3) is 0.556. The Kier molecular flexibility index (Phi) is 6.02. The standard InChI is InChI=1S/C18H25NO4/c1-12-9-13(2)14(3)16(10-12)22-8-4-7-19-17(20)11-23-18(21)15-5-6-15/h9-10,15H,4-8,11H2,1-3H3,(H,19,20). The number of rotatable bonds is 8. The highest BCUT2D eigenvalue weighted by molar-refractivity contribution is 5.81. The first-order valence-corrected chi connectivity index (χ1v) is 8.11. The van der Waals surface area contributed by atoms with Gasteiger partial charge in [-0.2, -0.15) is 0 Å². The van der Waals surface area contributed by atoms with Crippen molar-refractivity contribution in [3.8, 4) is 5.75 Å². The van der Waals surface area contributed by atoms with E-state index in [9.17, 15) is 9.59 Å². The minimum atomic E-state index is -0.262. The molecule has 1 aromatic rings. The largest absolute Gasteiger partial charge is 0.493 e. The third kappa shape index (κ3) is 5.58. The van der Waals surface area contributed by atoms with E-state index in [-0.39, 0.29) is 24.4 Å². The smallest absolute Gasteiger partial charge is 0.309 e. The second-order valence-corrected chi connectivity index (χ2v) is 6.14. The molecule has 1 fully saturated rings. The summed E-state index contributed by atoms with van der Waals surface area (Å²) in [6, 6.07) is 4.16. The summed E-state index contributed by atoms with van der Waals surface area (Å²) in [7, 11) is 0. The molecule has 126 valence electrons. The Morgan fingerprint density at radius 3 is 2.65 bits per heavy atom. The van der Waals surface area contributed by atoms with Gasteiger partial charge < -0.3 is 14.8 Å². The van der Waals surface area contributed by atoms with E-state index in [4.69, 9.17) is 9.47 Å². The summed E-state index contributed by atoms with van der Waals surface area (Å²) in [6.45, 7) is 7.00. The molecular formula is C18H25NO4. The van der Waals surface area contributed by atoms with E-state index >= 15 is 0 Å². The van der Waals surface area contributed by atoms with Crippen LogP contribution in [0.1, 0.15) is 36.0 Å². The zero-order valence-electron chi connectivity index (χ0n) is 14.1. The van der Waals surface area contributed by atoms with Crippen molar-refractivity contribution < 1.29 is 19.1 Å². The fourth-order valence-corrected chi connectivity index (χ4v) is 2.26. The number of esters is 1. The van der Waals surface area contributed by atoms with Gasteiger partial charge in [-0.05, 0) is 62.8 Å². The van der Waals surface area contributed by atoms with Gasteiger partial charge in [-0.25, -0.2) is 0 Å². The van der Waals surface area contributed by atoms with E-state index in [1.807, 2.05) is 19.9 Å². The molecule has 0 spiro atoms. The first-order chi connectivity index (χ1) is 11.0. The van der Waals surface area contributed by atoms with E-state index in [0.29, 0.717) is 19.6 Å². The minimum absolute atomic E-state index is 0.0252. The van der Waals surface area contributed by atoms with Crippen LogP contribution in [0.4, 0.5) is 0 Å². The number of nitrogens with one attached hydrogen (secondary N) is 1. The van der Waals surface area contributed by atoms with Crippen molar-refractivity contribution in [3.05, 3.63) is 28.8 Å². The van der Waals surface area contributed by atoms with E-state index in [0.717, 1.165) is 24.2 Å². The molecular weight excluding hydrogens is 294 g/mol. The molecule has 0 bridgehead atoms. The van der Waals surface area contributed by atoms with Crippen LogP contribution in [0.5, 0.6) is 5.75 Å². The van der Waals surface area contributed by atoms with Gasteiger partial charge in [0, 0.05) is 6.54 Å². The molecule has 0 unspecified atom stereocenters. The van der Waals surface area contributed by atoms with E-state index in [1.54, 1.807) is 0 Å². The molecule has 23 heavy (non-hydrogen) atoms. The zero-order chi connectivity index (χ0) is 16.8. The van der Waals surface area contributed by atoms with Gasteiger partial charge in [-0.3, -0.25) is 9.59 Å². The predicted octanol–water partition coefficient (Wildman–Crippen LogP) is 2.45. The Morgan fingerprint density at radius 2 is 1.96 bits per heavy atom. The molecule has 0 radical (unpaired) electrons. The molecule has 2 rings (SSSR count). The highest BCUT2D eigenvalue weighted by Crippen LogP contribution is 2.29. The Balaban J connectivity index is 1.60. The van der Waals surface area contributed by atoms with Gasteiger partial charge in [0.25, 0.3) is 5.91 Å². The van der Waals surface area contributed by atoms with Gasteiger partial charge in [0.2, 0.25) is 0 Å². The molecule has 1 amide bonds. The number of amides is 1. The van der Waals surface area contributed by atoms with Crippen molar-refractivity contribution in [3.63, 3.8) is 0 Å². The molecule has 0 aromatic heterocycles. The van der Waals surface area contributed by atoms with Crippen molar-refractivity contribution in [1.29, 1.82) is 0 Å². The molecule has 0 saturated heterocycles. The van der Waals surface area contributed by atoms with Crippen molar-refractivity contribution in [2.75, 3.05) is 19.8 Å². The zero-order valence-corrected chi connectivity index (χ0v) is 14.1. The summed E-state index contributed by atoms with van der Waals surface area (Å²) in [5, 5.41) is 2.72. The lowest BCUT2D eigenvalue weighted by molar-refractivity contribution is -0.149. The normalized spacial score (nSPS) is 13.5. The van der Waals surface area contributed by atoms with Crippen LogP contribution in [-0.4, -0.2) is 31.6 Å². The number of carbonyl (C=O) groups is 2. The summed E-state index contributed by atoms with van der Waals surface area (Å²) in [4.78, 5) is 22.8. The Labute approximate surface area is 137 Å². The lowest BCUT2D eigenvalue weighted by Gasteiger charge is -2.12. The molecule has 1 aliphatic carbocycles. The van der Waals surface area contributed by atoms with Gasteiger partial charge in [-0.15, -0.1) is 0 Å². The van der Waals surface area contributed by atoms with Crippen LogP contribution < -0.4 is 10.1 Å². The Morgan fingerprint density at radius 1 is 1.22 bits per heavy atom. The molecule has 0 atom stereocenters. The molecule has 1 N–H and O–H groups in total. The SMILES string of the molecule is Cc1cc(C)c(C)c(OCCCNC(=O)COC(=O)C2CC2)c1. The van der Waals surface area contributed by atoms with Crippen LogP contribution in [-0.2, 0) is 14.3 Å². The van der Waals surface area contributed by atoms with E-state index < -0.39 is 0 Å². The average molecular weight is 319 g/mol. The maximum atomic E-state index is 11.5. The lowest BCUT2D eigenvalue weighted by atomic mass is 10.1. The summed E-state index contributed by atoms with van der Waals surface area (Å²) in [5.74, 6) is 0.403. The molecule has 1 aromatic carbocycles. The average Bonchev–Trinajstić information content (AvgIpc) is 3.33. The quantitative estimate of drug-likeness (QED) is 0.590. The minimum Gasteiger partial charge on any atom is -0.493 e. The topological polar surface area (TPSA) is 64.6 Å². The van der Waals surface area contributed by atoms with Gasteiger partial charge in [-0.1, -0.05) is 6.07 Å². The maximum Gasteiger partial charge on any atom is 0.309 e. The van der Waals surface area contributed by atoms with Gasteiger partial charge in [0.05, 0.1) is 12.5 Å². The van der Waals surface area contributed by atoms with Crippen molar-refractivity contribution >= 4 is 11.9 Å². The number of ether oxygens (including phenoxy) is 2.